The molecule has 4 heteroatoms. The molecular formula is C13H24N2O2. The molecule has 3 unspecified atom stereocenters. The van der Waals surface area contributed by atoms with E-state index < -0.39 is 0 Å². The van der Waals surface area contributed by atoms with E-state index in [9.17, 15) is 4.79 Å². The quantitative estimate of drug-likeness (QED) is 0.775. The van der Waals surface area contributed by atoms with Gasteiger partial charge >= 0.3 is 0 Å². The lowest BCUT2D eigenvalue weighted by molar-refractivity contribution is -0.125. The standard InChI is InChI=1S/C13H24N2O2/c1-3-10-4-6-14-11(8-10)12(16)15-13(2)5-7-17-9-13/h10-11,14H,3-9H2,1-2H3,(H,15,16). The molecule has 0 saturated carbocycles. The van der Waals surface area contributed by atoms with E-state index in [0.717, 1.165) is 26.0 Å². The third-order valence-electron chi connectivity index (χ3n) is 4.05. The van der Waals surface area contributed by atoms with Crippen molar-refractivity contribution in [2.75, 3.05) is 19.8 Å². The third-order valence-corrected chi connectivity index (χ3v) is 4.05. The molecule has 2 aliphatic rings. The molecule has 2 rings (SSSR count). The monoisotopic (exact) mass is 240 g/mol. The van der Waals surface area contributed by atoms with Crippen LogP contribution < -0.4 is 10.6 Å². The molecule has 98 valence electrons. The molecule has 2 saturated heterocycles. The molecule has 0 radical (unpaired) electrons. The van der Waals surface area contributed by atoms with Gasteiger partial charge in [0.15, 0.2) is 0 Å². The Morgan fingerprint density at radius 2 is 2.41 bits per heavy atom. The zero-order chi connectivity index (χ0) is 12.3. The molecule has 2 N–H and O–H groups in total. The summed E-state index contributed by atoms with van der Waals surface area (Å²) in [4.78, 5) is 12.2. The van der Waals surface area contributed by atoms with Crippen molar-refractivity contribution in [1.82, 2.24) is 10.6 Å². The molecular weight excluding hydrogens is 216 g/mol. The van der Waals surface area contributed by atoms with E-state index in [0.29, 0.717) is 12.5 Å². The summed E-state index contributed by atoms with van der Waals surface area (Å²) in [7, 11) is 0. The topological polar surface area (TPSA) is 50.4 Å². The average Bonchev–Trinajstić information content (AvgIpc) is 2.76. The van der Waals surface area contributed by atoms with Crippen LogP contribution in [0.5, 0.6) is 0 Å². The number of ether oxygens (including phenoxy) is 1. The molecule has 4 nitrogen and oxygen atoms in total. The fourth-order valence-electron chi connectivity index (χ4n) is 2.72. The van der Waals surface area contributed by atoms with Crippen molar-refractivity contribution in [3.05, 3.63) is 0 Å². The van der Waals surface area contributed by atoms with Crippen molar-refractivity contribution in [2.24, 2.45) is 5.92 Å². The fourth-order valence-corrected chi connectivity index (χ4v) is 2.72. The highest BCUT2D eigenvalue weighted by atomic mass is 16.5. The molecule has 2 heterocycles. The fraction of sp³-hybridized carbons (Fsp3) is 0.923. The van der Waals surface area contributed by atoms with E-state index >= 15 is 0 Å². The van der Waals surface area contributed by atoms with Crippen LogP contribution in [0.4, 0.5) is 0 Å². The maximum Gasteiger partial charge on any atom is 0.237 e. The Labute approximate surface area is 103 Å². The molecule has 0 aliphatic carbocycles. The number of hydrogen-bond acceptors (Lipinski definition) is 3. The first-order valence-electron chi connectivity index (χ1n) is 6.76. The van der Waals surface area contributed by atoms with Crippen LogP contribution in [0.1, 0.15) is 39.5 Å². The van der Waals surface area contributed by atoms with Gasteiger partial charge in [-0.1, -0.05) is 13.3 Å². The van der Waals surface area contributed by atoms with Crippen LogP contribution in [0.25, 0.3) is 0 Å². The highest BCUT2D eigenvalue weighted by Gasteiger charge is 2.34. The first-order chi connectivity index (χ1) is 8.13. The summed E-state index contributed by atoms with van der Waals surface area (Å²) < 4.78 is 5.36. The molecule has 1 amide bonds. The van der Waals surface area contributed by atoms with Gasteiger partial charge in [0.05, 0.1) is 18.2 Å². The SMILES string of the molecule is CCC1CCNC(C(=O)NC2(C)CCOC2)C1. The molecule has 17 heavy (non-hydrogen) atoms. The van der Waals surface area contributed by atoms with Crippen molar-refractivity contribution in [1.29, 1.82) is 0 Å². The second kappa shape index (κ2) is 5.36. The summed E-state index contributed by atoms with van der Waals surface area (Å²) in [5.74, 6) is 0.843. The summed E-state index contributed by atoms with van der Waals surface area (Å²) in [6.45, 7) is 6.63. The van der Waals surface area contributed by atoms with Crippen LogP contribution in [0.15, 0.2) is 0 Å². The smallest absolute Gasteiger partial charge is 0.237 e. The summed E-state index contributed by atoms with van der Waals surface area (Å²) in [6, 6.07) is -0.00822. The van der Waals surface area contributed by atoms with Crippen molar-refractivity contribution in [3.8, 4) is 0 Å². The molecule has 2 fully saturated rings. The van der Waals surface area contributed by atoms with Crippen molar-refractivity contribution >= 4 is 5.91 Å². The lowest BCUT2D eigenvalue weighted by atomic mass is 9.89. The minimum absolute atomic E-state index is 0.00822. The number of nitrogens with one attached hydrogen (secondary N) is 2. The van der Waals surface area contributed by atoms with Crippen molar-refractivity contribution < 1.29 is 9.53 Å². The molecule has 0 aromatic rings. The Hall–Kier alpha value is -0.610. The zero-order valence-electron chi connectivity index (χ0n) is 10.9. The van der Waals surface area contributed by atoms with E-state index in [-0.39, 0.29) is 17.5 Å². The highest BCUT2D eigenvalue weighted by molar-refractivity contribution is 5.82. The van der Waals surface area contributed by atoms with Gasteiger partial charge in [-0.3, -0.25) is 4.79 Å². The summed E-state index contributed by atoms with van der Waals surface area (Å²) >= 11 is 0. The molecule has 2 aliphatic heterocycles. The van der Waals surface area contributed by atoms with Gasteiger partial charge in [0.25, 0.3) is 0 Å². The first-order valence-corrected chi connectivity index (χ1v) is 6.76. The van der Waals surface area contributed by atoms with Gasteiger partial charge in [-0.05, 0) is 38.6 Å². The van der Waals surface area contributed by atoms with Crippen LogP contribution >= 0.6 is 0 Å². The van der Waals surface area contributed by atoms with Gasteiger partial charge in [0, 0.05) is 6.61 Å². The normalized spacial score (nSPS) is 38.0. The van der Waals surface area contributed by atoms with Crippen LogP contribution in [-0.4, -0.2) is 37.2 Å². The first kappa shape index (κ1) is 12.8. The second-order valence-corrected chi connectivity index (χ2v) is 5.66. The number of carbonyl (C=O) groups is 1. The lowest BCUT2D eigenvalue weighted by Gasteiger charge is -2.32. The zero-order valence-corrected chi connectivity index (χ0v) is 10.9. The van der Waals surface area contributed by atoms with Gasteiger partial charge in [-0.15, -0.1) is 0 Å². The minimum atomic E-state index is -0.155. The van der Waals surface area contributed by atoms with Gasteiger partial charge in [-0.25, -0.2) is 0 Å². The van der Waals surface area contributed by atoms with Gasteiger partial charge in [0.1, 0.15) is 0 Å². The number of rotatable bonds is 3. The Bertz CT molecular complexity index is 275. The Kier molecular flexibility index (Phi) is 4.05. The second-order valence-electron chi connectivity index (χ2n) is 5.66. The highest BCUT2D eigenvalue weighted by Crippen LogP contribution is 2.21. The maximum atomic E-state index is 12.2. The van der Waals surface area contributed by atoms with E-state index in [4.69, 9.17) is 4.74 Å². The maximum absolute atomic E-state index is 12.2. The van der Waals surface area contributed by atoms with Gasteiger partial charge in [0.2, 0.25) is 5.91 Å². The average molecular weight is 240 g/mol. The summed E-state index contributed by atoms with van der Waals surface area (Å²) in [6.07, 6.45) is 4.26. The number of hydrogen-bond donors (Lipinski definition) is 2. The Balaban J connectivity index is 1.86. The largest absolute Gasteiger partial charge is 0.379 e. The number of carbonyl (C=O) groups excluding carboxylic acids is 1. The molecule has 0 bridgehead atoms. The Morgan fingerprint density at radius 1 is 1.59 bits per heavy atom. The van der Waals surface area contributed by atoms with Crippen molar-refractivity contribution in [3.63, 3.8) is 0 Å². The van der Waals surface area contributed by atoms with E-state index in [1.165, 1.54) is 12.8 Å². The van der Waals surface area contributed by atoms with E-state index in [2.05, 4.69) is 24.5 Å². The molecule has 0 aromatic carbocycles. The number of amides is 1. The van der Waals surface area contributed by atoms with Crippen LogP contribution in [0.2, 0.25) is 0 Å². The summed E-state index contributed by atoms with van der Waals surface area (Å²) in [5.41, 5.74) is -0.155. The Morgan fingerprint density at radius 3 is 3.06 bits per heavy atom. The van der Waals surface area contributed by atoms with E-state index in [1.807, 2.05) is 0 Å². The molecule has 0 aromatic heterocycles. The third kappa shape index (κ3) is 3.19. The van der Waals surface area contributed by atoms with Crippen molar-refractivity contribution in [2.45, 2.75) is 51.1 Å². The van der Waals surface area contributed by atoms with Gasteiger partial charge < -0.3 is 15.4 Å². The summed E-state index contributed by atoms with van der Waals surface area (Å²) in [5, 5.41) is 6.46. The number of piperidine rings is 1. The van der Waals surface area contributed by atoms with Crippen LogP contribution in [0.3, 0.4) is 0 Å². The molecule has 3 atom stereocenters. The predicted octanol–water partition coefficient (Wildman–Crippen LogP) is 1.06. The lowest BCUT2D eigenvalue weighted by Crippen LogP contribution is -2.55. The molecule has 0 spiro atoms. The van der Waals surface area contributed by atoms with E-state index in [1.54, 1.807) is 0 Å². The minimum Gasteiger partial charge on any atom is -0.379 e. The van der Waals surface area contributed by atoms with Crippen LogP contribution in [-0.2, 0) is 9.53 Å². The predicted molar refractivity (Wildman–Crippen MR) is 66.8 cm³/mol. The van der Waals surface area contributed by atoms with Crippen LogP contribution in [0, 0.1) is 5.92 Å². The van der Waals surface area contributed by atoms with Gasteiger partial charge in [-0.2, -0.15) is 0 Å².